The largest absolute Gasteiger partial charge is 0.486 e. The lowest BCUT2D eigenvalue weighted by Gasteiger charge is -2.18. The molecule has 156 valence electrons. The maximum atomic E-state index is 13.0. The van der Waals surface area contributed by atoms with Crippen LogP contribution in [-0.2, 0) is 4.79 Å². The van der Waals surface area contributed by atoms with Gasteiger partial charge in [-0.2, -0.15) is 0 Å². The van der Waals surface area contributed by atoms with Crippen LogP contribution in [0.25, 0.3) is 22.1 Å². The Morgan fingerprint density at radius 3 is 2.63 bits per heavy atom. The average molecular weight is 410 g/mol. The van der Waals surface area contributed by atoms with Crippen LogP contribution in [0, 0.1) is 5.92 Å². The monoisotopic (exact) mass is 410 g/mol. The maximum absolute atomic E-state index is 13.0. The van der Waals surface area contributed by atoms with Gasteiger partial charge in [0.05, 0.1) is 10.9 Å². The van der Waals surface area contributed by atoms with E-state index in [1.165, 1.54) is 6.26 Å². The molecule has 1 aliphatic heterocycles. The van der Waals surface area contributed by atoms with Gasteiger partial charge in [-0.3, -0.25) is 4.79 Å². The van der Waals surface area contributed by atoms with Crippen molar-refractivity contribution < 1.29 is 29.2 Å². The molecule has 2 heterocycles. The Bertz CT molecular complexity index is 1150. The molecule has 7 heteroatoms. The summed E-state index contributed by atoms with van der Waals surface area (Å²) in [5, 5.41) is 0.399. The minimum Gasteiger partial charge on any atom is -0.486 e. The molecule has 0 spiro atoms. The number of esters is 1. The fraction of sp³-hybridized carbons (Fsp3) is 0.304. The first-order valence-electron chi connectivity index (χ1n) is 9.92. The van der Waals surface area contributed by atoms with Crippen molar-refractivity contribution in [2.45, 2.75) is 26.3 Å². The van der Waals surface area contributed by atoms with E-state index in [0.717, 1.165) is 0 Å². The molecule has 0 unspecified atom stereocenters. The van der Waals surface area contributed by atoms with Crippen LogP contribution in [0.2, 0.25) is 0 Å². The number of quaternary nitrogens is 1. The number of carbonyl (C=O) groups excluding carboxylic acids is 1. The second-order valence-electron chi connectivity index (χ2n) is 7.74. The van der Waals surface area contributed by atoms with Gasteiger partial charge in [-0.1, -0.05) is 19.9 Å². The molecule has 4 rings (SSSR count). The Hall–Kier alpha value is -3.32. The van der Waals surface area contributed by atoms with Crippen LogP contribution in [0.5, 0.6) is 17.2 Å². The van der Waals surface area contributed by atoms with E-state index in [1.807, 2.05) is 13.8 Å². The highest BCUT2D eigenvalue weighted by atomic mass is 16.6. The fourth-order valence-corrected chi connectivity index (χ4v) is 3.45. The van der Waals surface area contributed by atoms with Crippen molar-refractivity contribution in [2.75, 3.05) is 13.2 Å². The normalized spacial score (nSPS) is 14.0. The first-order valence-corrected chi connectivity index (χ1v) is 9.92. The lowest BCUT2D eigenvalue weighted by molar-refractivity contribution is -0.409. The zero-order valence-corrected chi connectivity index (χ0v) is 17.0. The van der Waals surface area contributed by atoms with Crippen molar-refractivity contribution in [1.29, 1.82) is 0 Å². The summed E-state index contributed by atoms with van der Waals surface area (Å²) in [4.78, 5) is 25.2. The summed E-state index contributed by atoms with van der Waals surface area (Å²) < 4.78 is 22.2. The van der Waals surface area contributed by atoms with Crippen LogP contribution >= 0.6 is 0 Å². The Morgan fingerprint density at radius 1 is 1.10 bits per heavy atom. The third-order valence-electron chi connectivity index (χ3n) is 4.91. The van der Waals surface area contributed by atoms with Crippen LogP contribution in [-0.4, -0.2) is 25.2 Å². The molecule has 2 aromatic carbocycles. The minimum atomic E-state index is -0.453. The topological polar surface area (TPSA) is 103 Å². The number of benzene rings is 2. The zero-order valence-electron chi connectivity index (χ0n) is 17.0. The van der Waals surface area contributed by atoms with Crippen molar-refractivity contribution in [3.05, 3.63) is 52.9 Å². The fourth-order valence-electron chi connectivity index (χ4n) is 3.45. The smallest absolute Gasteiger partial charge is 0.370 e. The second-order valence-corrected chi connectivity index (χ2v) is 7.74. The third kappa shape index (κ3) is 4.02. The minimum absolute atomic E-state index is 0.180. The highest BCUT2D eigenvalue weighted by Crippen LogP contribution is 2.34. The van der Waals surface area contributed by atoms with Gasteiger partial charge in [0.1, 0.15) is 30.8 Å². The number of fused-ring (bicyclic) bond motifs is 2. The standard InChI is InChI=1S/C23H23NO6/c1-13(2)9-18(24)23(26)30-15-4-5-16-20(11-15)29-12-17(22(16)25)14-3-6-19-21(10-14)28-8-7-27-19/h3-6,10-13,18H,7-9,24H2,1-2H3/p+1/t18-/m1/s1. The van der Waals surface area contributed by atoms with E-state index in [9.17, 15) is 9.59 Å². The molecule has 0 fully saturated rings. The predicted molar refractivity (Wildman–Crippen MR) is 111 cm³/mol. The van der Waals surface area contributed by atoms with E-state index in [0.29, 0.717) is 64.9 Å². The maximum Gasteiger partial charge on any atom is 0.370 e. The van der Waals surface area contributed by atoms with Crippen molar-refractivity contribution in [3.8, 4) is 28.4 Å². The van der Waals surface area contributed by atoms with E-state index < -0.39 is 12.0 Å². The molecule has 1 aromatic heterocycles. The number of rotatable bonds is 5. The molecule has 1 aliphatic rings. The Labute approximate surface area is 173 Å². The van der Waals surface area contributed by atoms with Crippen molar-refractivity contribution in [1.82, 2.24) is 0 Å². The summed E-state index contributed by atoms with van der Waals surface area (Å²) in [6, 6.07) is 9.63. The molecule has 0 saturated carbocycles. The number of hydrogen-bond acceptors (Lipinski definition) is 6. The Kier molecular flexibility index (Phi) is 5.46. The van der Waals surface area contributed by atoms with Gasteiger partial charge in [-0.05, 0) is 35.7 Å². The summed E-state index contributed by atoms with van der Waals surface area (Å²) in [5.41, 5.74) is 5.12. The van der Waals surface area contributed by atoms with Gasteiger partial charge >= 0.3 is 5.97 Å². The van der Waals surface area contributed by atoms with Gasteiger partial charge in [0, 0.05) is 12.5 Å². The van der Waals surface area contributed by atoms with Gasteiger partial charge in [-0.15, -0.1) is 0 Å². The van der Waals surface area contributed by atoms with Crippen LogP contribution in [0.15, 0.2) is 51.9 Å². The number of carbonyl (C=O) groups is 1. The van der Waals surface area contributed by atoms with Gasteiger partial charge in [0.15, 0.2) is 23.0 Å². The molecular weight excluding hydrogens is 386 g/mol. The lowest BCUT2D eigenvalue weighted by atomic mass is 10.0. The van der Waals surface area contributed by atoms with Crippen molar-refractivity contribution >= 4 is 16.9 Å². The Morgan fingerprint density at radius 2 is 1.87 bits per heavy atom. The number of hydrogen-bond donors (Lipinski definition) is 1. The molecule has 30 heavy (non-hydrogen) atoms. The van der Waals surface area contributed by atoms with Crippen molar-refractivity contribution in [3.63, 3.8) is 0 Å². The summed E-state index contributed by atoms with van der Waals surface area (Å²) in [7, 11) is 0. The SMILES string of the molecule is CC(C)C[C@@H]([NH3+])C(=O)Oc1ccc2c(=O)c(-c3ccc4c(c3)OCCO4)coc2c1. The summed E-state index contributed by atoms with van der Waals surface area (Å²) >= 11 is 0. The van der Waals surface area contributed by atoms with Gasteiger partial charge < -0.3 is 24.4 Å². The first-order chi connectivity index (χ1) is 14.4. The van der Waals surface area contributed by atoms with Gasteiger partial charge in [0.2, 0.25) is 0 Å². The van der Waals surface area contributed by atoms with E-state index in [2.05, 4.69) is 5.73 Å². The Balaban J connectivity index is 1.62. The van der Waals surface area contributed by atoms with Crippen LogP contribution < -0.4 is 25.4 Å². The van der Waals surface area contributed by atoms with Crippen LogP contribution in [0.1, 0.15) is 20.3 Å². The molecular formula is C23H24NO6+. The number of ether oxygens (including phenoxy) is 3. The van der Waals surface area contributed by atoms with E-state index in [1.54, 1.807) is 36.4 Å². The molecule has 0 bridgehead atoms. The summed E-state index contributed by atoms with van der Waals surface area (Å²) in [5.74, 6) is 1.51. The predicted octanol–water partition coefficient (Wildman–Crippen LogP) is 2.79. The lowest BCUT2D eigenvalue weighted by Crippen LogP contribution is -2.66. The van der Waals surface area contributed by atoms with E-state index in [4.69, 9.17) is 18.6 Å². The molecule has 7 nitrogen and oxygen atoms in total. The summed E-state index contributed by atoms with van der Waals surface area (Å²) in [6.07, 6.45) is 2.05. The highest BCUT2D eigenvalue weighted by molar-refractivity contribution is 5.84. The third-order valence-corrected chi connectivity index (χ3v) is 4.91. The molecule has 3 N–H and O–H groups in total. The molecule has 0 radical (unpaired) electrons. The molecule has 3 aromatic rings. The van der Waals surface area contributed by atoms with Gasteiger partial charge in [-0.25, -0.2) is 4.79 Å². The van der Waals surface area contributed by atoms with E-state index in [-0.39, 0.29) is 5.43 Å². The van der Waals surface area contributed by atoms with Crippen LogP contribution in [0.4, 0.5) is 0 Å². The van der Waals surface area contributed by atoms with Crippen molar-refractivity contribution in [2.24, 2.45) is 5.92 Å². The van der Waals surface area contributed by atoms with E-state index >= 15 is 0 Å². The second kappa shape index (κ2) is 8.20. The molecule has 0 amide bonds. The quantitative estimate of drug-likeness (QED) is 0.513. The average Bonchev–Trinajstić information content (AvgIpc) is 2.73. The zero-order chi connectivity index (χ0) is 21.3. The first kappa shape index (κ1) is 20.0. The van der Waals surface area contributed by atoms with Gasteiger partial charge in [0.25, 0.3) is 0 Å². The molecule has 1 atom stereocenters. The molecule has 0 saturated heterocycles. The van der Waals surface area contributed by atoms with Crippen LogP contribution in [0.3, 0.4) is 0 Å². The summed E-state index contributed by atoms with van der Waals surface area (Å²) in [6.45, 7) is 5.02. The molecule has 0 aliphatic carbocycles. The highest BCUT2D eigenvalue weighted by Gasteiger charge is 2.21.